The molecule has 7 heteroatoms. The van der Waals surface area contributed by atoms with Gasteiger partial charge in [0.15, 0.2) is 17.3 Å². The smallest absolute Gasteiger partial charge is 0.238 e. The van der Waals surface area contributed by atoms with Crippen molar-refractivity contribution < 1.29 is 14.3 Å². The fraction of sp³-hybridized carbons (Fsp3) is 0.136. The first-order valence-corrected chi connectivity index (χ1v) is 9.42. The minimum absolute atomic E-state index is 0.0331. The number of rotatable bonds is 2. The van der Waals surface area contributed by atoms with Crippen molar-refractivity contribution >= 4 is 28.3 Å². The summed E-state index contributed by atoms with van der Waals surface area (Å²) >= 11 is 0. The summed E-state index contributed by atoms with van der Waals surface area (Å²) in [5.41, 5.74) is 4.05. The predicted octanol–water partition coefficient (Wildman–Crippen LogP) is 3.62. The second kappa shape index (κ2) is 6.07. The van der Waals surface area contributed by atoms with E-state index in [0.29, 0.717) is 36.2 Å². The molecular formula is C22H16N4O3. The number of aromatic amines is 1. The van der Waals surface area contributed by atoms with E-state index in [1.165, 1.54) is 0 Å². The summed E-state index contributed by atoms with van der Waals surface area (Å²) in [6, 6.07) is 13.6. The highest BCUT2D eigenvalue weighted by atomic mass is 16.6. The van der Waals surface area contributed by atoms with Gasteiger partial charge in [-0.3, -0.25) is 14.7 Å². The second-order valence-corrected chi connectivity index (χ2v) is 7.04. The van der Waals surface area contributed by atoms with Crippen molar-refractivity contribution in [2.24, 2.45) is 0 Å². The molecule has 2 aliphatic rings. The fourth-order valence-corrected chi connectivity index (χ4v) is 3.84. The molecule has 0 aliphatic carbocycles. The minimum Gasteiger partial charge on any atom is -0.486 e. The highest BCUT2D eigenvalue weighted by Gasteiger charge is 2.32. The van der Waals surface area contributed by atoms with Gasteiger partial charge in [0.2, 0.25) is 5.91 Å². The van der Waals surface area contributed by atoms with Gasteiger partial charge in [-0.1, -0.05) is 0 Å². The van der Waals surface area contributed by atoms with Crippen molar-refractivity contribution in [3.05, 3.63) is 60.6 Å². The lowest BCUT2D eigenvalue weighted by atomic mass is 10.1. The van der Waals surface area contributed by atoms with Crippen LogP contribution in [0.2, 0.25) is 0 Å². The van der Waals surface area contributed by atoms with Gasteiger partial charge < -0.3 is 14.5 Å². The molecule has 142 valence electrons. The van der Waals surface area contributed by atoms with Gasteiger partial charge in [-0.25, -0.2) is 4.98 Å². The zero-order valence-electron chi connectivity index (χ0n) is 15.4. The van der Waals surface area contributed by atoms with Crippen LogP contribution < -0.4 is 14.4 Å². The van der Waals surface area contributed by atoms with E-state index >= 15 is 0 Å². The number of hydrogen-bond acceptors (Lipinski definition) is 5. The Kier molecular flexibility index (Phi) is 3.37. The molecule has 0 unspecified atom stereocenters. The molecule has 2 aliphatic heterocycles. The molecule has 29 heavy (non-hydrogen) atoms. The van der Waals surface area contributed by atoms with Gasteiger partial charge >= 0.3 is 0 Å². The van der Waals surface area contributed by atoms with E-state index in [0.717, 1.165) is 27.9 Å². The molecule has 4 aromatic rings. The molecular weight excluding hydrogens is 368 g/mol. The Labute approximate surface area is 165 Å². The number of H-pyrrole nitrogens is 1. The summed E-state index contributed by atoms with van der Waals surface area (Å²) < 4.78 is 11.3. The molecule has 0 atom stereocenters. The van der Waals surface area contributed by atoms with E-state index in [1.54, 1.807) is 11.1 Å². The van der Waals surface area contributed by atoms with Crippen LogP contribution in [0, 0.1) is 0 Å². The topological polar surface area (TPSA) is 80.3 Å². The third kappa shape index (κ3) is 2.55. The number of fused-ring (bicyclic) bond motifs is 3. The molecule has 7 nitrogen and oxygen atoms in total. The maximum absolute atomic E-state index is 12.7. The molecule has 0 bridgehead atoms. The van der Waals surface area contributed by atoms with Crippen molar-refractivity contribution in [1.82, 2.24) is 15.0 Å². The van der Waals surface area contributed by atoms with Crippen LogP contribution in [0.5, 0.6) is 11.5 Å². The van der Waals surface area contributed by atoms with Crippen molar-refractivity contribution in [3.8, 4) is 22.8 Å². The highest BCUT2D eigenvalue weighted by Crippen LogP contribution is 2.37. The van der Waals surface area contributed by atoms with Gasteiger partial charge in [-0.2, -0.15) is 0 Å². The molecule has 4 heterocycles. The molecule has 0 spiro atoms. The minimum atomic E-state index is -0.0331. The number of benzene rings is 2. The Morgan fingerprint density at radius 2 is 1.90 bits per heavy atom. The van der Waals surface area contributed by atoms with E-state index in [9.17, 15) is 4.79 Å². The summed E-state index contributed by atoms with van der Waals surface area (Å²) in [7, 11) is 0. The van der Waals surface area contributed by atoms with Crippen LogP contribution in [0.3, 0.4) is 0 Å². The molecule has 1 amide bonds. The summed E-state index contributed by atoms with van der Waals surface area (Å²) in [5.74, 6) is 1.97. The number of carbonyl (C=O) groups excluding carboxylic acids is 1. The zero-order valence-corrected chi connectivity index (χ0v) is 15.4. The van der Waals surface area contributed by atoms with E-state index in [2.05, 4.69) is 9.97 Å². The highest BCUT2D eigenvalue weighted by molar-refractivity contribution is 6.07. The average molecular weight is 384 g/mol. The lowest BCUT2D eigenvalue weighted by Gasteiger charge is -2.19. The summed E-state index contributed by atoms with van der Waals surface area (Å²) in [5, 5.41) is 1.04. The molecule has 0 radical (unpaired) electrons. The molecule has 2 aromatic carbocycles. The lowest BCUT2D eigenvalue weighted by molar-refractivity contribution is -0.116. The number of ether oxygens (including phenoxy) is 2. The van der Waals surface area contributed by atoms with Crippen molar-refractivity contribution in [3.63, 3.8) is 0 Å². The van der Waals surface area contributed by atoms with Crippen molar-refractivity contribution in [2.45, 2.75) is 6.42 Å². The largest absolute Gasteiger partial charge is 0.486 e. The number of hydrogen-bond donors (Lipinski definition) is 1. The van der Waals surface area contributed by atoms with Crippen LogP contribution in [0.25, 0.3) is 22.2 Å². The number of carbonyl (C=O) groups is 1. The van der Waals surface area contributed by atoms with E-state index in [4.69, 9.17) is 14.5 Å². The van der Waals surface area contributed by atoms with Crippen LogP contribution in [0.1, 0.15) is 5.69 Å². The maximum atomic E-state index is 12.7. The standard InChI is InChI=1S/C22H16N4O3/c27-21-11-17-22(26(21)15-2-3-16-14(9-15)5-6-23-16)25-18(12-24-17)13-1-4-19-20(10-13)29-8-7-28-19/h1-6,9-10,12,23H,7-8,11H2. The van der Waals surface area contributed by atoms with Crippen LogP contribution in [-0.2, 0) is 11.2 Å². The van der Waals surface area contributed by atoms with Crippen molar-refractivity contribution in [2.75, 3.05) is 18.1 Å². The molecule has 6 rings (SSSR count). The molecule has 0 saturated carbocycles. The van der Waals surface area contributed by atoms with Crippen LogP contribution in [0.15, 0.2) is 54.9 Å². The SMILES string of the molecule is O=C1Cc2ncc(-c3ccc4c(c3)OCCO4)nc2N1c1ccc2[nH]ccc2c1. The third-order valence-corrected chi connectivity index (χ3v) is 5.24. The first-order chi connectivity index (χ1) is 14.3. The number of nitrogens with zero attached hydrogens (tertiary/aromatic N) is 3. The first-order valence-electron chi connectivity index (χ1n) is 9.42. The summed E-state index contributed by atoms with van der Waals surface area (Å²) in [4.78, 5) is 26.9. The zero-order chi connectivity index (χ0) is 19.4. The monoisotopic (exact) mass is 384 g/mol. The molecule has 1 N–H and O–H groups in total. The van der Waals surface area contributed by atoms with Crippen LogP contribution in [0.4, 0.5) is 11.5 Å². The quantitative estimate of drug-likeness (QED) is 0.571. The van der Waals surface area contributed by atoms with Gasteiger partial charge in [0.1, 0.15) is 13.2 Å². The number of anilines is 2. The Morgan fingerprint density at radius 3 is 2.83 bits per heavy atom. The summed E-state index contributed by atoms with van der Waals surface area (Å²) in [6.45, 7) is 1.07. The second-order valence-electron chi connectivity index (χ2n) is 7.04. The Morgan fingerprint density at radius 1 is 1.00 bits per heavy atom. The van der Waals surface area contributed by atoms with Crippen LogP contribution in [-0.4, -0.2) is 34.1 Å². The van der Waals surface area contributed by atoms with E-state index in [-0.39, 0.29) is 12.3 Å². The molecule has 0 fully saturated rings. The Balaban J connectivity index is 1.44. The number of nitrogens with one attached hydrogen (secondary N) is 1. The van der Waals surface area contributed by atoms with Crippen molar-refractivity contribution in [1.29, 1.82) is 0 Å². The van der Waals surface area contributed by atoms with Crippen LogP contribution >= 0.6 is 0 Å². The van der Waals surface area contributed by atoms with E-state index < -0.39 is 0 Å². The third-order valence-electron chi connectivity index (χ3n) is 5.24. The van der Waals surface area contributed by atoms with Gasteiger partial charge in [0, 0.05) is 22.7 Å². The average Bonchev–Trinajstić information content (AvgIpc) is 3.35. The van der Waals surface area contributed by atoms with E-state index in [1.807, 2.05) is 48.7 Å². The van der Waals surface area contributed by atoms with Gasteiger partial charge in [0.05, 0.1) is 29.7 Å². The van der Waals surface area contributed by atoms with Gasteiger partial charge in [-0.15, -0.1) is 0 Å². The molecule has 2 aromatic heterocycles. The number of aromatic nitrogens is 3. The Hall–Kier alpha value is -3.87. The number of amides is 1. The lowest BCUT2D eigenvalue weighted by Crippen LogP contribution is -2.21. The predicted molar refractivity (Wildman–Crippen MR) is 108 cm³/mol. The fourth-order valence-electron chi connectivity index (χ4n) is 3.84. The molecule has 0 saturated heterocycles. The first kappa shape index (κ1) is 16.1. The normalized spacial score (nSPS) is 15.0. The maximum Gasteiger partial charge on any atom is 0.238 e. The Bertz CT molecular complexity index is 1280. The summed E-state index contributed by atoms with van der Waals surface area (Å²) in [6.07, 6.45) is 3.83. The van der Waals surface area contributed by atoms with Gasteiger partial charge in [0.25, 0.3) is 0 Å². The van der Waals surface area contributed by atoms with Gasteiger partial charge in [-0.05, 0) is 42.5 Å².